The molecule has 4 rings (SSSR count). The zero-order valence-corrected chi connectivity index (χ0v) is 17.7. The molecule has 0 aliphatic carbocycles. The van der Waals surface area contributed by atoms with Crippen LogP contribution >= 0.6 is 22.7 Å². The van der Waals surface area contributed by atoms with Gasteiger partial charge < -0.3 is 9.73 Å². The molecule has 7 heteroatoms. The minimum atomic E-state index is 0.125. The summed E-state index contributed by atoms with van der Waals surface area (Å²) in [7, 11) is 0. The van der Waals surface area contributed by atoms with Crippen molar-refractivity contribution in [1.82, 2.24) is 15.2 Å². The Hall–Kier alpha value is -1.96. The van der Waals surface area contributed by atoms with Crippen molar-refractivity contribution < 1.29 is 9.21 Å². The summed E-state index contributed by atoms with van der Waals surface area (Å²) >= 11 is 3.38. The molecule has 0 atom stereocenters. The van der Waals surface area contributed by atoms with Crippen LogP contribution in [0.1, 0.15) is 29.2 Å². The quantitative estimate of drug-likeness (QED) is 0.623. The summed E-state index contributed by atoms with van der Waals surface area (Å²) < 4.78 is 5.84. The number of aromatic nitrogens is 1. The van der Waals surface area contributed by atoms with Crippen LogP contribution in [0, 0.1) is 12.8 Å². The van der Waals surface area contributed by atoms with Gasteiger partial charge in [-0.25, -0.2) is 4.98 Å². The lowest BCUT2D eigenvalue weighted by Gasteiger charge is -2.30. The Bertz CT molecular complexity index is 879. The molecule has 148 valence electrons. The van der Waals surface area contributed by atoms with Gasteiger partial charge in [-0.2, -0.15) is 0 Å². The molecule has 1 amide bonds. The summed E-state index contributed by atoms with van der Waals surface area (Å²) in [6.45, 7) is 5.33. The van der Waals surface area contributed by atoms with E-state index in [4.69, 9.17) is 4.42 Å². The van der Waals surface area contributed by atoms with E-state index in [1.807, 2.05) is 24.4 Å². The Kier molecular flexibility index (Phi) is 6.24. The molecule has 0 saturated carbocycles. The number of hydrogen-bond acceptors (Lipinski definition) is 6. The molecule has 0 unspecified atom stereocenters. The Morgan fingerprint density at radius 2 is 2.04 bits per heavy atom. The van der Waals surface area contributed by atoms with Crippen LogP contribution in [-0.2, 0) is 17.8 Å². The fraction of sp³-hybridized carbons (Fsp3) is 0.429. The van der Waals surface area contributed by atoms with Crippen molar-refractivity contribution in [2.75, 3.05) is 19.6 Å². The average Bonchev–Trinajstić information content (AvgIpc) is 3.45. The third-order valence-corrected chi connectivity index (χ3v) is 7.00. The number of carbonyl (C=O) groups excluding carboxylic acids is 1. The molecule has 1 saturated heterocycles. The van der Waals surface area contributed by atoms with Gasteiger partial charge in [-0.15, -0.1) is 22.7 Å². The molecule has 4 heterocycles. The van der Waals surface area contributed by atoms with Gasteiger partial charge in [0.15, 0.2) is 0 Å². The van der Waals surface area contributed by atoms with Crippen molar-refractivity contribution >= 4 is 28.6 Å². The van der Waals surface area contributed by atoms with Crippen molar-refractivity contribution in [3.05, 3.63) is 51.4 Å². The molecule has 28 heavy (non-hydrogen) atoms. The maximum atomic E-state index is 12.4. The SMILES string of the molecule is Cc1oc(-c2cccs2)nc1CN1CCC(C(=O)NCCc2cccs2)CC1. The zero-order valence-electron chi connectivity index (χ0n) is 16.0. The number of thiophene rings is 2. The van der Waals surface area contributed by atoms with Crippen LogP contribution in [0.15, 0.2) is 39.4 Å². The smallest absolute Gasteiger partial charge is 0.236 e. The number of carbonyl (C=O) groups is 1. The fourth-order valence-electron chi connectivity index (χ4n) is 3.55. The van der Waals surface area contributed by atoms with Gasteiger partial charge in [0, 0.05) is 23.9 Å². The number of nitrogens with zero attached hydrogens (tertiary/aromatic N) is 2. The highest BCUT2D eigenvalue weighted by Crippen LogP contribution is 2.27. The minimum absolute atomic E-state index is 0.125. The first-order valence-corrected chi connectivity index (χ1v) is 11.5. The van der Waals surface area contributed by atoms with Crippen molar-refractivity contribution in [1.29, 1.82) is 0 Å². The Balaban J connectivity index is 1.23. The first kappa shape index (κ1) is 19.4. The number of rotatable bonds is 7. The predicted octanol–water partition coefficient (Wildman–Crippen LogP) is 4.34. The third-order valence-electron chi connectivity index (χ3n) is 5.21. The molecule has 5 nitrogen and oxygen atoms in total. The first-order chi connectivity index (χ1) is 13.7. The predicted molar refractivity (Wildman–Crippen MR) is 114 cm³/mol. The maximum absolute atomic E-state index is 12.4. The number of nitrogens with one attached hydrogen (secondary N) is 1. The van der Waals surface area contributed by atoms with Crippen LogP contribution in [0.2, 0.25) is 0 Å². The summed E-state index contributed by atoms with van der Waals surface area (Å²) in [5.41, 5.74) is 1.00. The first-order valence-electron chi connectivity index (χ1n) is 9.71. The van der Waals surface area contributed by atoms with Crippen LogP contribution < -0.4 is 5.32 Å². The molecule has 0 bridgehead atoms. The number of hydrogen-bond donors (Lipinski definition) is 1. The van der Waals surface area contributed by atoms with E-state index in [0.29, 0.717) is 5.89 Å². The van der Waals surface area contributed by atoms with Gasteiger partial charge in [-0.1, -0.05) is 12.1 Å². The highest BCUT2D eigenvalue weighted by atomic mass is 32.1. The molecule has 0 radical (unpaired) electrons. The monoisotopic (exact) mass is 415 g/mol. The van der Waals surface area contributed by atoms with Gasteiger partial charge >= 0.3 is 0 Å². The average molecular weight is 416 g/mol. The van der Waals surface area contributed by atoms with E-state index in [-0.39, 0.29) is 11.8 Å². The van der Waals surface area contributed by atoms with Gasteiger partial charge in [0.2, 0.25) is 11.8 Å². The summed E-state index contributed by atoms with van der Waals surface area (Å²) in [4.78, 5) is 21.9. The second kappa shape index (κ2) is 9.03. The van der Waals surface area contributed by atoms with Crippen molar-refractivity contribution in [3.8, 4) is 10.8 Å². The van der Waals surface area contributed by atoms with Gasteiger partial charge in [0.25, 0.3) is 0 Å². The van der Waals surface area contributed by atoms with Crippen LogP contribution in [0.25, 0.3) is 10.8 Å². The van der Waals surface area contributed by atoms with Gasteiger partial charge in [-0.05, 0) is 62.2 Å². The number of oxazole rings is 1. The topological polar surface area (TPSA) is 58.4 Å². The normalized spacial score (nSPS) is 15.8. The second-order valence-electron chi connectivity index (χ2n) is 7.17. The second-order valence-corrected chi connectivity index (χ2v) is 9.15. The van der Waals surface area contributed by atoms with Crippen LogP contribution in [0.5, 0.6) is 0 Å². The Morgan fingerprint density at radius 1 is 1.25 bits per heavy atom. The highest BCUT2D eigenvalue weighted by Gasteiger charge is 2.26. The number of aryl methyl sites for hydroxylation is 1. The standard InChI is InChI=1S/C21H25N3O2S2/c1-15-18(23-21(26-15)19-5-3-13-28-19)14-24-10-7-16(8-11-24)20(25)22-9-6-17-4-2-12-27-17/h2-5,12-13,16H,6-11,14H2,1H3,(H,22,25). The van der Waals surface area contributed by atoms with Crippen molar-refractivity contribution in [2.24, 2.45) is 5.92 Å². The number of likely N-dealkylation sites (tertiary alicyclic amines) is 1. The largest absolute Gasteiger partial charge is 0.440 e. The summed E-state index contributed by atoms with van der Waals surface area (Å²) in [5.74, 6) is 1.92. The van der Waals surface area contributed by atoms with Gasteiger partial charge in [0.05, 0.1) is 10.6 Å². The maximum Gasteiger partial charge on any atom is 0.236 e. The van der Waals surface area contributed by atoms with E-state index < -0.39 is 0 Å². The minimum Gasteiger partial charge on any atom is -0.440 e. The van der Waals surface area contributed by atoms with Gasteiger partial charge in [-0.3, -0.25) is 9.69 Å². The Labute approximate surface area is 173 Å². The molecule has 0 spiro atoms. The molecular formula is C21H25N3O2S2. The molecule has 1 N–H and O–H groups in total. The van der Waals surface area contributed by atoms with Crippen LogP contribution in [-0.4, -0.2) is 35.4 Å². The molecule has 3 aromatic heterocycles. The van der Waals surface area contributed by atoms with Crippen molar-refractivity contribution in [2.45, 2.75) is 32.7 Å². The molecule has 1 aliphatic rings. The molecule has 0 aromatic carbocycles. The molecule has 1 aliphatic heterocycles. The van der Waals surface area contributed by atoms with E-state index in [1.165, 1.54) is 4.88 Å². The van der Waals surface area contributed by atoms with Crippen LogP contribution in [0.4, 0.5) is 0 Å². The van der Waals surface area contributed by atoms with Gasteiger partial charge in [0.1, 0.15) is 5.76 Å². The van der Waals surface area contributed by atoms with Crippen LogP contribution in [0.3, 0.4) is 0 Å². The van der Waals surface area contributed by atoms with E-state index in [2.05, 4.69) is 32.7 Å². The third kappa shape index (κ3) is 4.71. The molecular weight excluding hydrogens is 390 g/mol. The molecule has 1 fully saturated rings. The number of piperidine rings is 1. The van der Waals surface area contributed by atoms with E-state index in [0.717, 1.165) is 61.8 Å². The highest BCUT2D eigenvalue weighted by molar-refractivity contribution is 7.13. The lowest BCUT2D eigenvalue weighted by atomic mass is 9.95. The Morgan fingerprint density at radius 3 is 2.75 bits per heavy atom. The summed E-state index contributed by atoms with van der Waals surface area (Å²) in [6, 6.07) is 8.21. The van der Waals surface area contributed by atoms with E-state index >= 15 is 0 Å². The van der Waals surface area contributed by atoms with Crippen molar-refractivity contribution in [3.63, 3.8) is 0 Å². The van der Waals surface area contributed by atoms with E-state index in [1.54, 1.807) is 22.7 Å². The lowest BCUT2D eigenvalue weighted by molar-refractivity contribution is -0.126. The fourth-order valence-corrected chi connectivity index (χ4v) is 4.91. The number of amides is 1. The van der Waals surface area contributed by atoms with E-state index in [9.17, 15) is 4.79 Å². The summed E-state index contributed by atoms with van der Waals surface area (Å²) in [5, 5.41) is 7.22. The lowest BCUT2D eigenvalue weighted by Crippen LogP contribution is -2.40. The zero-order chi connectivity index (χ0) is 19.3. The summed E-state index contributed by atoms with van der Waals surface area (Å²) in [6.07, 6.45) is 2.72. The molecule has 3 aromatic rings.